The van der Waals surface area contributed by atoms with E-state index in [4.69, 9.17) is 9.47 Å². The summed E-state index contributed by atoms with van der Waals surface area (Å²) in [6.07, 6.45) is 2.06. The van der Waals surface area contributed by atoms with Gasteiger partial charge < -0.3 is 19.4 Å². The van der Waals surface area contributed by atoms with Gasteiger partial charge in [0, 0.05) is 23.0 Å². The lowest BCUT2D eigenvalue weighted by Gasteiger charge is -2.40. The van der Waals surface area contributed by atoms with Crippen LogP contribution in [0.4, 0.5) is 0 Å². The number of aromatic nitrogens is 1. The lowest BCUT2D eigenvalue weighted by molar-refractivity contribution is -0.157. The summed E-state index contributed by atoms with van der Waals surface area (Å²) in [5, 5.41) is 6.69. The highest BCUT2D eigenvalue weighted by Crippen LogP contribution is 2.33. The third-order valence-electron chi connectivity index (χ3n) is 5.89. The molecule has 2 amide bonds. The number of ether oxygens (including phenoxy) is 2. The summed E-state index contributed by atoms with van der Waals surface area (Å²) in [6, 6.07) is 12.9. The summed E-state index contributed by atoms with van der Waals surface area (Å²) in [6.45, 7) is 0.549. The largest absolute Gasteiger partial charge is 0.454 e. The Balaban J connectivity index is 1.28. The molecule has 1 aromatic heterocycles. The summed E-state index contributed by atoms with van der Waals surface area (Å²) in [5.41, 5.74) is 3.91. The first-order chi connectivity index (χ1) is 14.7. The van der Waals surface area contributed by atoms with Crippen molar-refractivity contribution in [2.75, 3.05) is 13.3 Å². The molecular weight excluding hydrogens is 384 g/mol. The Hall–Kier alpha value is -3.81. The average molecular weight is 402 g/mol. The predicted octanol–water partition coefficient (Wildman–Crippen LogP) is 2.03. The van der Waals surface area contributed by atoms with Gasteiger partial charge in [-0.2, -0.15) is 5.10 Å². The molecule has 8 nitrogen and oxygen atoms in total. The number of aromatic amines is 1. The highest BCUT2D eigenvalue weighted by molar-refractivity contribution is 5.97. The number of carbonyl (C=O) groups excluding carboxylic acids is 2. The SMILES string of the molecule is O=C1[C@@H]2Cc3c([nH]c4ccccc34)CN2C(=O)CN1/N=C/c1ccc2c(c1)OCO2. The minimum atomic E-state index is -0.535. The van der Waals surface area contributed by atoms with E-state index in [1.807, 2.05) is 30.3 Å². The molecule has 2 aromatic carbocycles. The van der Waals surface area contributed by atoms with E-state index in [9.17, 15) is 9.59 Å². The molecule has 8 heteroatoms. The van der Waals surface area contributed by atoms with Crippen LogP contribution < -0.4 is 9.47 Å². The Bertz CT molecular complexity index is 1230. The van der Waals surface area contributed by atoms with Gasteiger partial charge in [-0.15, -0.1) is 0 Å². The summed E-state index contributed by atoms with van der Waals surface area (Å²) < 4.78 is 10.7. The van der Waals surface area contributed by atoms with Gasteiger partial charge in [0.25, 0.3) is 5.91 Å². The van der Waals surface area contributed by atoms with Gasteiger partial charge >= 0.3 is 0 Å². The number of carbonyl (C=O) groups is 2. The third kappa shape index (κ3) is 2.57. The molecule has 0 spiro atoms. The van der Waals surface area contributed by atoms with Crippen molar-refractivity contribution >= 4 is 28.9 Å². The monoisotopic (exact) mass is 402 g/mol. The normalized spacial score (nSPS) is 20.2. The van der Waals surface area contributed by atoms with Crippen molar-refractivity contribution in [1.82, 2.24) is 14.9 Å². The second kappa shape index (κ2) is 6.35. The van der Waals surface area contributed by atoms with Crippen LogP contribution >= 0.6 is 0 Å². The highest BCUT2D eigenvalue weighted by Gasteiger charge is 2.43. The van der Waals surface area contributed by atoms with Gasteiger partial charge in [-0.05, 0) is 35.4 Å². The second-order valence-electron chi connectivity index (χ2n) is 7.62. The van der Waals surface area contributed by atoms with E-state index in [2.05, 4.69) is 10.1 Å². The summed E-state index contributed by atoms with van der Waals surface area (Å²) >= 11 is 0. The fourth-order valence-electron chi connectivity index (χ4n) is 4.39. The van der Waals surface area contributed by atoms with Crippen molar-refractivity contribution in [2.24, 2.45) is 5.10 Å². The van der Waals surface area contributed by atoms with Crippen molar-refractivity contribution in [3.05, 3.63) is 59.3 Å². The van der Waals surface area contributed by atoms with E-state index in [1.54, 1.807) is 23.2 Å². The van der Waals surface area contributed by atoms with Crippen LogP contribution in [-0.2, 0) is 22.6 Å². The van der Waals surface area contributed by atoms with Gasteiger partial charge in [0.05, 0.1) is 12.8 Å². The lowest BCUT2D eigenvalue weighted by Crippen LogP contribution is -2.60. The smallest absolute Gasteiger partial charge is 0.266 e. The molecule has 0 radical (unpaired) electrons. The van der Waals surface area contributed by atoms with Crippen LogP contribution in [0.3, 0.4) is 0 Å². The van der Waals surface area contributed by atoms with E-state index in [-0.39, 0.29) is 25.2 Å². The van der Waals surface area contributed by atoms with Crippen molar-refractivity contribution in [1.29, 1.82) is 0 Å². The molecule has 0 saturated carbocycles. The lowest BCUT2D eigenvalue weighted by atomic mass is 9.94. The zero-order chi connectivity index (χ0) is 20.2. The number of benzene rings is 2. The van der Waals surface area contributed by atoms with Crippen molar-refractivity contribution in [3.63, 3.8) is 0 Å². The summed E-state index contributed by atoms with van der Waals surface area (Å²) in [4.78, 5) is 31.0. The van der Waals surface area contributed by atoms with Gasteiger partial charge in [-0.25, -0.2) is 5.01 Å². The number of hydrogen-bond donors (Lipinski definition) is 1. The molecule has 1 atom stereocenters. The molecule has 1 fully saturated rings. The van der Waals surface area contributed by atoms with Crippen molar-refractivity contribution < 1.29 is 19.1 Å². The maximum absolute atomic E-state index is 13.1. The Morgan fingerprint density at radius 2 is 1.93 bits per heavy atom. The first-order valence-corrected chi connectivity index (χ1v) is 9.80. The van der Waals surface area contributed by atoms with Crippen LogP contribution in [-0.4, -0.2) is 52.3 Å². The van der Waals surface area contributed by atoms with Gasteiger partial charge in [-0.1, -0.05) is 18.2 Å². The molecule has 0 unspecified atom stereocenters. The van der Waals surface area contributed by atoms with Crippen LogP contribution in [0.2, 0.25) is 0 Å². The topological polar surface area (TPSA) is 87.2 Å². The molecule has 1 N–H and O–H groups in total. The zero-order valence-electron chi connectivity index (χ0n) is 16.0. The van der Waals surface area contributed by atoms with E-state index in [1.165, 1.54) is 5.01 Å². The molecule has 4 heterocycles. The zero-order valence-corrected chi connectivity index (χ0v) is 16.0. The molecule has 30 heavy (non-hydrogen) atoms. The van der Waals surface area contributed by atoms with Crippen molar-refractivity contribution in [2.45, 2.75) is 19.0 Å². The van der Waals surface area contributed by atoms with Crippen LogP contribution in [0.5, 0.6) is 11.5 Å². The molecule has 3 aromatic rings. The van der Waals surface area contributed by atoms with E-state index in [0.29, 0.717) is 24.5 Å². The Morgan fingerprint density at radius 3 is 2.87 bits per heavy atom. The summed E-state index contributed by atoms with van der Waals surface area (Å²) in [7, 11) is 0. The summed E-state index contributed by atoms with van der Waals surface area (Å²) in [5.74, 6) is 1.06. The quantitative estimate of drug-likeness (QED) is 0.665. The maximum Gasteiger partial charge on any atom is 0.266 e. The fourth-order valence-corrected chi connectivity index (χ4v) is 4.39. The first kappa shape index (κ1) is 17.1. The van der Waals surface area contributed by atoms with Crippen LogP contribution in [0.25, 0.3) is 10.9 Å². The van der Waals surface area contributed by atoms with Crippen molar-refractivity contribution in [3.8, 4) is 11.5 Å². The number of amides is 2. The number of hydrogen-bond acceptors (Lipinski definition) is 5. The molecule has 1 saturated heterocycles. The number of piperazine rings is 1. The van der Waals surface area contributed by atoms with Gasteiger partial charge in [0.2, 0.25) is 12.7 Å². The molecule has 0 bridgehead atoms. The number of nitrogens with zero attached hydrogens (tertiary/aromatic N) is 3. The molecule has 3 aliphatic heterocycles. The van der Waals surface area contributed by atoms with Crippen LogP contribution in [0, 0.1) is 0 Å². The molecular formula is C22H18N4O4. The molecule has 6 rings (SSSR count). The van der Waals surface area contributed by atoms with Gasteiger partial charge in [-0.3, -0.25) is 9.59 Å². The van der Waals surface area contributed by atoms with E-state index in [0.717, 1.165) is 27.7 Å². The van der Waals surface area contributed by atoms with E-state index < -0.39 is 6.04 Å². The van der Waals surface area contributed by atoms with Gasteiger partial charge in [0.1, 0.15) is 12.6 Å². The number of fused-ring (bicyclic) bond motifs is 5. The number of H-pyrrole nitrogens is 1. The van der Waals surface area contributed by atoms with E-state index >= 15 is 0 Å². The number of para-hydroxylation sites is 1. The number of nitrogens with one attached hydrogen (secondary N) is 1. The van der Waals surface area contributed by atoms with Gasteiger partial charge in [0.15, 0.2) is 11.5 Å². The average Bonchev–Trinajstić information content (AvgIpc) is 3.37. The Kier molecular flexibility index (Phi) is 3.61. The fraction of sp³-hybridized carbons (Fsp3) is 0.227. The molecule has 3 aliphatic rings. The second-order valence-corrected chi connectivity index (χ2v) is 7.62. The van der Waals surface area contributed by atoms with Crippen LogP contribution in [0.1, 0.15) is 16.8 Å². The maximum atomic E-state index is 13.1. The highest BCUT2D eigenvalue weighted by atomic mass is 16.7. The minimum Gasteiger partial charge on any atom is -0.454 e. The van der Waals surface area contributed by atoms with Crippen LogP contribution in [0.15, 0.2) is 47.6 Å². The standard InChI is InChI=1S/C22H18N4O4/c27-21-11-26(23-9-13-5-6-19-20(7-13)30-12-29-19)22(28)18-8-15-14-3-1-2-4-16(14)24-17(15)10-25(18)21/h1-7,9,18,24H,8,10-12H2/b23-9+/t18-/m0/s1. The number of hydrazone groups is 1. The number of rotatable bonds is 2. The first-order valence-electron chi connectivity index (χ1n) is 9.80. The molecule has 0 aliphatic carbocycles. The Labute approximate surface area is 171 Å². The Morgan fingerprint density at radius 1 is 1.07 bits per heavy atom. The minimum absolute atomic E-state index is 0.0635. The third-order valence-corrected chi connectivity index (χ3v) is 5.89. The predicted molar refractivity (Wildman–Crippen MR) is 108 cm³/mol. The molecule has 150 valence electrons.